The van der Waals surface area contributed by atoms with Gasteiger partial charge < -0.3 is 15.1 Å². The molecule has 6 nitrogen and oxygen atoms in total. The Morgan fingerprint density at radius 1 is 1.20 bits per heavy atom. The first-order chi connectivity index (χ1) is 12.3. The lowest BCUT2D eigenvalue weighted by molar-refractivity contribution is 0.0552. The highest BCUT2D eigenvalue weighted by atomic mass is 32.1. The molecule has 7 heteroatoms. The van der Waals surface area contributed by atoms with E-state index in [4.69, 9.17) is 0 Å². The fourth-order valence-corrected chi connectivity index (χ4v) is 4.55. The lowest BCUT2D eigenvalue weighted by Gasteiger charge is -2.38. The van der Waals surface area contributed by atoms with Gasteiger partial charge in [0.25, 0.3) is 5.91 Å². The van der Waals surface area contributed by atoms with Crippen LogP contribution in [0.3, 0.4) is 0 Å². The molecule has 2 aliphatic heterocycles. The minimum absolute atomic E-state index is 0.188. The second-order valence-corrected chi connectivity index (χ2v) is 7.59. The van der Waals surface area contributed by atoms with Gasteiger partial charge in [-0.3, -0.25) is 4.79 Å². The summed E-state index contributed by atoms with van der Waals surface area (Å²) in [5, 5.41) is 13.6. The Balaban J connectivity index is 1.54. The third kappa shape index (κ3) is 3.52. The van der Waals surface area contributed by atoms with Crippen LogP contribution in [0.4, 0.5) is 5.82 Å². The quantitative estimate of drug-likeness (QED) is 0.907. The number of carbonyl (C=O) groups excluding carboxylic acids is 1. The van der Waals surface area contributed by atoms with Gasteiger partial charge in [0.1, 0.15) is 0 Å². The van der Waals surface area contributed by atoms with E-state index in [2.05, 4.69) is 25.3 Å². The van der Waals surface area contributed by atoms with E-state index in [-0.39, 0.29) is 11.9 Å². The molecular formula is C18H23N5OS. The number of nitrogens with one attached hydrogen (secondary N) is 1. The lowest BCUT2D eigenvalue weighted by atomic mass is 10.0. The number of carbonyl (C=O) groups is 1. The first kappa shape index (κ1) is 16.5. The Hall–Kier alpha value is -1.99. The standard InChI is InChI=1S/C18H23N5OS/c24-18(16-3-2-12-25-16)23(14-5-9-19-10-6-14)15-7-11-22(13-15)17-4-1-8-20-21-17/h1-4,8,12,14-15,19H,5-7,9-11,13H2. The fraction of sp³-hybridized carbons (Fsp3) is 0.500. The van der Waals surface area contributed by atoms with Gasteiger partial charge >= 0.3 is 0 Å². The number of anilines is 1. The Labute approximate surface area is 151 Å². The second-order valence-electron chi connectivity index (χ2n) is 6.64. The van der Waals surface area contributed by atoms with Crippen molar-refractivity contribution in [3.8, 4) is 0 Å². The molecule has 4 rings (SSSR count). The zero-order valence-electron chi connectivity index (χ0n) is 14.2. The van der Waals surface area contributed by atoms with Crippen LogP contribution in [0.25, 0.3) is 0 Å². The normalized spacial score (nSPS) is 21.4. The van der Waals surface area contributed by atoms with E-state index < -0.39 is 0 Å². The average molecular weight is 357 g/mol. The molecule has 2 aliphatic rings. The van der Waals surface area contributed by atoms with E-state index in [1.807, 2.05) is 29.6 Å². The highest BCUT2D eigenvalue weighted by Crippen LogP contribution is 2.27. The first-order valence-electron chi connectivity index (χ1n) is 8.92. The molecule has 132 valence electrons. The molecule has 2 fully saturated rings. The van der Waals surface area contributed by atoms with E-state index in [9.17, 15) is 4.79 Å². The van der Waals surface area contributed by atoms with Crippen LogP contribution in [0.2, 0.25) is 0 Å². The SMILES string of the molecule is O=C(c1cccs1)N(C1CCNCC1)C1CCN(c2cccnn2)C1. The van der Waals surface area contributed by atoms with E-state index >= 15 is 0 Å². The van der Waals surface area contributed by atoms with E-state index in [0.717, 1.165) is 56.1 Å². The zero-order chi connectivity index (χ0) is 17.1. The number of amides is 1. The molecule has 2 saturated heterocycles. The van der Waals surface area contributed by atoms with E-state index in [1.54, 1.807) is 6.20 Å². The highest BCUT2D eigenvalue weighted by molar-refractivity contribution is 7.12. The predicted octanol–water partition coefficient (Wildman–Crippen LogP) is 2.01. The molecule has 4 heterocycles. The number of hydrogen-bond acceptors (Lipinski definition) is 6. The summed E-state index contributed by atoms with van der Waals surface area (Å²) in [5.74, 6) is 1.09. The molecule has 1 atom stereocenters. The van der Waals surface area contributed by atoms with Crippen LogP contribution in [0, 0.1) is 0 Å². The Kier molecular flexibility index (Phi) is 4.94. The predicted molar refractivity (Wildman–Crippen MR) is 99.0 cm³/mol. The van der Waals surface area contributed by atoms with Crippen LogP contribution in [-0.2, 0) is 0 Å². The smallest absolute Gasteiger partial charge is 0.264 e. The molecule has 0 spiro atoms. The van der Waals surface area contributed by atoms with Crippen molar-refractivity contribution >= 4 is 23.1 Å². The minimum Gasteiger partial charge on any atom is -0.353 e. The summed E-state index contributed by atoms with van der Waals surface area (Å²) in [7, 11) is 0. The summed E-state index contributed by atoms with van der Waals surface area (Å²) >= 11 is 1.54. The number of thiophene rings is 1. The van der Waals surface area contributed by atoms with Crippen molar-refractivity contribution in [2.45, 2.75) is 31.3 Å². The van der Waals surface area contributed by atoms with Crippen molar-refractivity contribution in [1.82, 2.24) is 20.4 Å². The monoisotopic (exact) mass is 357 g/mol. The van der Waals surface area contributed by atoms with Gasteiger partial charge in [-0.25, -0.2) is 0 Å². The number of hydrogen-bond donors (Lipinski definition) is 1. The molecule has 0 aromatic carbocycles. The van der Waals surface area contributed by atoms with Gasteiger partial charge in [-0.05, 0) is 55.9 Å². The third-order valence-electron chi connectivity index (χ3n) is 5.11. The number of piperidine rings is 1. The maximum atomic E-state index is 13.2. The highest BCUT2D eigenvalue weighted by Gasteiger charge is 2.36. The summed E-state index contributed by atoms with van der Waals surface area (Å²) in [6.45, 7) is 3.72. The van der Waals surface area contributed by atoms with Crippen molar-refractivity contribution in [1.29, 1.82) is 0 Å². The molecule has 1 N–H and O–H groups in total. The molecule has 0 saturated carbocycles. The molecule has 25 heavy (non-hydrogen) atoms. The van der Waals surface area contributed by atoms with Gasteiger partial charge in [0, 0.05) is 25.3 Å². The second kappa shape index (κ2) is 7.49. The molecule has 2 aromatic heterocycles. The van der Waals surface area contributed by atoms with Crippen LogP contribution >= 0.6 is 11.3 Å². The Morgan fingerprint density at radius 2 is 2.08 bits per heavy atom. The van der Waals surface area contributed by atoms with Gasteiger partial charge in [0.05, 0.1) is 10.9 Å². The van der Waals surface area contributed by atoms with Crippen LogP contribution < -0.4 is 10.2 Å². The maximum absolute atomic E-state index is 13.2. The van der Waals surface area contributed by atoms with E-state index in [1.165, 1.54) is 11.3 Å². The molecule has 0 bridgehead atoms. The Morgan fingerprint density at radius 3 is 2.80 bits per heavy atom. The molecule has 1 amide bonds. The van der Waals surface area contributed by atoms with Gasteiger partial charge in [-0.15, -0.1) is 16.4 Å². The molecule has 1 unspecified atom stereocenters. The lowest BCUT2D eigenvalue weighted by Crippen LogP contribution is -2.51. The van der Waals surface area contributed by atoms with Gasteiger partial charge in [-0.1, -0.05) is 6.07 Å². The van der Waals surface area contributed by atoms with Crippen LogP contribution in [0.5, 0.6) is 0 Å². The summed E-state index contributed by atoms with van der Waals surface area (Å²) in [4.78, 5) is 18.5. The fourth-order valence-electron chi connectivity index (χ4n) is 3.88. The van der Waals surface area contributed by atoms with Crippen LogP contribution in [0.15, 0.2) is 35.8 Å². The van der Waals surface area contributed by atoms with Crippen molar-refractivity contribution in [2.75, 3.05) is 31.1 Å². The molecular weight excluding hydrogens is 334 g/mol. The van der Waals surface area contributed by atoms with Crippen LogP contribution in [-0.4, -0.2) is 59.3 Å². The van der Waals surface area contributed by atoms with Gasteiger partial charge in [0.15, 0.2) is 5.82 Å². The minimum atomic E-state index is 0.188. The topological polar surface area (TPSA) is 61.4 Å². The summed E-state index contributed by atoms with van der Waals surface area (Å²) < 4.78 is 0. The Bertz CT molecular complexity index is 687. The van der Waals surface area contributed by atoms with Gasteiger partial charge in [0.2, 0.25) is 0 Å². The van der Waals surface area contributed by atoms with Crippen LogP contribution in [0.1, 0.15) is 28.9 Å². The third-order valence-corrected chi connectivity index (χ3v) is 5.97. The summed E-state index contributed by atoms with van der Waals surface area (Å²) in [6.07, 6.45) is 4.73. The van der Waals surface area contributed by atoms with Crippen molar-refractivity contribution in [2.24, 2.45) is 0 Å². The largest absolute Gasteiger partial charge is 0.353 e. The van der Waals surface area contributed by atoms with Crippen molar-refractivity contribution < 1.29 is 4.79 Å². The average Bonchev–Trinajstić information content (AvgIpc) is 3.36. The zero-order valence-corrected chi connectivity index (χ0v) is 15.0. The van der Waals surface area contributed by atoms with Gasteiger partial charge in [-0.2, -0.15) is 5.10 Å². The summed E-state index contributed by atoms with van der Waals surface area (Å²) in [6, 6.07) is 8.36. The number of rotatable bonds is 4. The van der Waals surface area contributed by atoms with Crippen molar-refractivity contribution in [3.05, 3.63) is 40.7 Å². The maximum Gasteiger partial charge on any atom is 0.264 e. The molecule has 0 radical (unpaired) electrons. The molecule has 2 aromatic rings. The number of aromatic nitrogens is 2. The first-order valence-corrected chi connectivity index (χ1v) is 9.80. The van der Waals surface area contributed by atoms with E-state index in [0.29, 0.717) is 6.04 Å². The molecule has 0 aliphatic carbocycles. The summed E-state index contributed by atoms with van der Waals surface area (Å²) in [5.41, 5.74) is 0. The number of nitrogens with zero attached hydrogens (tertiary/aromatic N) is 4. The van der Waals surface area contributed by atoms with Crippen molar-refractivity contribution in [3.63, 3.8) is 0 Å².